The molecule has 0 spiro atoms. The summed E-state index contributed by atoms with van der Waals surface area (Å²) in [5, 5.41) is 2.27. The molecule has 112 valence electrons. The normalized spacial score (nSPS) is 13.1. The fourth-order valence-electron chi connectivity index (χ4n) is 1.48. The van der Waals surface area contributed by atoms with Crippen LogP contribution >= 0.6 is 11.8 Å². The number of carbonyl (C=O) groups is 1. The number of hydrogen-bond donors (Lipinski definition) is 1. The number of amides is 1. The van der Waals surface area contributed by atoms with Crippen LogP contribution in [0.2, 0.25) is 0 Å². The zero-order valence-corrected chi connectivity index (χ0v) is 11.8. The average Bonchev–Trinajstić information content (AvgIpc) is 2.36. The van der Waals surface area contributed by atoms with Crippen LogP contribution in [0.5, 0.6) is 0 Å². The van der Waals surface area contributed by atoms with Gasteiger partial charge in [-0.25, -0.2) is 4.98 Å². The minimum Gasteiger partial charge on any atom is -0.383 e. The molecule has 1 unspecified atom stereocenters. The summed E-state index contributed by atoms with van der Waals surface area (Å²) in [6.45, 7) is 2.14. The highest BCUT2D eigenvalue weighted by Crippen LogP contribution is 2.37. The summed E-state index contributed by atoms with van der Waals surface area (Å²) < 4.78 is 42.1. The van der Waals surface area contributed by atoms with E-state index in [9.17, 15) is 18.0 Å². The largest absolute Gasteiger partial charge is 0.447 e. The first-order valence-corrected chi connectivity index (χ1v) is 6.69. The summed E-state index contributed by atoms with van der Waals surface area (Å²) in [5.41, 5.74) is -4.58. The molecule has 1 aromatic heterocycles. The predicted octanol–water partition coefficient (Wildman–Crippen LogP) is 2.85. The van der Waals surface area contributed by atoms with Gasteiger partial charge in [-0.05, 0) is 18.6 Å². The number of aromatic nitrogens is 1. The van der Waals surface area contributed by atoms with E-state index in [2.05, 4.69) is 10.3 Å². The van der Waals surface area contributed by atoms with Gasteiger partial charge < -0.3 is 10.1 Å². The summed E-state index contributed by atoms with van der Waals surface area (Å²) in [5.74, 6) is -0.589. The first-order valence-electron chi connectivity index (χ1n) is 5.88. The van der Waals surface area contributed by atoms with Crippen molar-refractivity contribution in [1.29, 1.82) is 0 Å². The minimum absolute atomic E-state index is 0.0932. The van der Waals surface area contributed by atoms with Crippen LogP contribution in [0.15, 0.2) is 23.4 Å². The molecule has 1 atom stereocenters. The van der Waals surface area contributed by atoms with E-state index < -0.39 is 23.2 Å². The summed E-state index contributed by atoms with van der Waals surface area (Å²) in [6.07, 6.45) is 1.83. The van der Waals surface area contributed by atoms with Crippen molar-refractivity contribution in [2.24, 2.45) is 0 Å². The van der Waals surface area contributed by atoms with Gasteiger partial charge in [0, 0.05) is 25.1 Å². The lowest BCUT2D eigenvalue weighted by Gasteiger charge is -2.17. The van der Waals surface area contributed by atoms with E-state index in [1.54, 1.807) is 0 Å². The lowest BCUT2D eigenvalue weighted by atomic mass is 10.2. The maximum absolute atomic E-state index is 12.4. The molecule has 0 saturated carbocycles. The van der Waals surface area contributed by atoms with Crippen LogP contribution in [-0.4, -0.2) is 36.2 Å². The Bertz CT molecular complexity index is 455. The maximum atomic E-state index is 12.4. The zero-order valence-electron chi connectivity index (χ0n) is 11.0. The smallest absolute Gasteiger partial charge is 0.383 e. The van der Waals surface area contributed by atoms with E-state index >= 15 is 0 Å². The van der Waals surface area contributed by atoms with Gasteiger partial charge in [0.2, 0.25) is 0 Å². The molecule has 20 heavy (non-hydrogen) atoms. The van der Waals surface area contributed by atoms with Crippen molar-refractivity contribution in [3.05, 3.63) is 23.9 Å². The van der Waals surface area contributed by atoms with Crippen LogP contribution in [0.1, 0.15) is 23.7 Å². The van der Waals surface area contributed by atoms with Crippen LogP contribution < -0.4 is 5.32 Å². The SMILES string of the molecule is CCC(COC)NC(=O)c1cccnc1SC(F)(F)F. The number of nitrogens with one attached hydrogen (secondary N) is 1. The molecule has 1 rings (SSSR count). The molecule has 8 heteroatoms. The van der Waals surface area contributed by atoms with Gasteiger partial charge in [-0.3, -0.25) is 4.79 Å². The van der Waals surface area contributed by atoms with Crippen LogP contribution in [0.3, 0.4) is 0 Å². The fourth-order valence-corrected chi connectivity index (χ4v) is 2.08. The van der Waals surface area contributed by atoms with Gasteiger partial charge in [-0.1, -0.05) is 6.92 Å². The molecule has 0 radical (unpaired) electrons. The number of hydrogen-bond acceptors (Lipinski definition) is 4. The lowest BCUT2D eigenvalue weighted by Crippen LogP contribution is -2.37. The first-order chi connectivity index (χ1) is 9.37. The highest BCUT2D eigenvalue weighted by Gasteiger charge is 2.32. The van der Waals surface area contributed by atoms with Crippen molar-refractivity contribution in [3.8, 4) is 0 Å². The highest BCUT2D eigenvalue weighted by atomic mass is 32.2. The Morgan fingerprint density at radius 3 is 2.80 bits per heavy atom. The van der Waals surface area contributed by atoms with Crippen LogP contribution in [0.4, 0.5) is 13.2 Å². The molecule has 0 aliphatic rings. The number of nitrogens with zero attached hydrogens (tertiary/aromatic N) is 1. The van der Waals surface area contributed by atoms with E-state index in [0.29, 0.717) is 13.0 Å². The first kappa shape index (κ1) is 16.8. The second-order valence-corrected chi connectivity index (χ2v) is 4.99. The van der Waals surface area contributed by atoms with Crippen LogP contribution in [0.25, 0.3) is 0 Å². The second-order valence-electron chi connectivity index (χ2n) is 3.94. The zero-order chi connectivity index (χ0) is 15.2. The van der Waals surface area contributed by atoms with E-state index in [1.807, 2.05) is 6.92 Å². The van der Waals surface area contributed by atoms with Crippen molar-refractivity contribution in [1.82, 2.24) is 10.3 Å². The molecular weight excluding hydrogens is 293 g/mol. The Balaban J connectivity index is 2.87. The molecule has 1 aromatic rings. The van der Waals surface area contributed by atoms with Gasteiger partial charge in [0.1, 0.15) is 5.03 Å². The number of methoxy groups -OCH3 is 1. The Morgan fingerprint density at radius 1 is 1.55 bits per heavy atom. The molecule has 1 N–H and O–H groups in total. The number of thioether (sulfide) groups is 1. The highest BCUT2D eigenvalue weighted by molar-refractivity contribution is 8.00. The summed E-state index contributed by atoms with van der Waals surface area (Å²) in [6, 6.07) is 2.49. The van der Waals surface area contributed by atoms with Crippen LogP contribution in [-0.2, 0) is 4.74 Å². The Hall–Kier alpha value is -1.28. The molecule has 0 aliphatic carbocycles. The summed E-state index contributed by atoms with van der Waals surface area (Å²) >= 11 is -0.399. The van der Waals surface area contributed by atoms with Gasteiger partial charge in [-0.15, -0.1) is 0 Å². The molecule has 0 aliphatic heterocycles. The molecule has 1 amide bonds. The molecule has 0 fully saturated rings. The molecular formula is C12H15F3N2O2S. The van der Waals surface area contributed by atoms with E-state index in [0.717, 1.165) is 0 Å². The molecule has 0 saturated heterocycles. The van der Waals surface area contributed by atoms with E-state index in [4.69, 9.17) is 4.74 Å². The van der Waals surface area contributed by atoms with Gasteiger partial charge in [0.25, 0.3) is 5.91 Å². The summed E-state index contributed by atoms with van der Waals surface area (Å²) in [4.78, 5) is 15.6. The van der Waals surface area contributed by atoms with Crippen molar-refractivity contribution < 1.29 is 22.7 Å². The molecule has 1 heterocycles. The standard InChI is InChI=1S/C12H15F3N2O2S/c1-3-8(7-19-2)17-10(18)9-5-4-6-16-11(9)20-12(13,14)15/h4-6,8H,3,7H2,1-2H3,(H,17,18). The number of rotatable bonds is 6. The van der Waals surface area contributed by atoms with Crippen molar-refractivity contribution in [2.45, 2.75) is 29.9 Å². The lowest BCUT2D eigenvalue weighted by molar-refractivity contribution is -0.0329. The van der Waals surface area contributed by atoms with Gasteiger partial charge in [0.05, 0.1) is 18.2 Å². The van der Waals surface area contributed by atoms with Crippen molar-refractivity contribution >= 4 is 17.7 Å². The third kappa shape index (κ3) is 5.38. The third-order valence-electron chi connectivity index (χ3n) is 2.42. The van der Waals surface area contributed by atoms with Crippen LogP contribution in [0, 0.1) is 0 Å². The molecule has 4 nitrogen and oxygen atoms in total. The third-order valence-corrected chi connectivity index (χ3v) is 3.17. The van der Waals surface area contributed by atoms with Gasteiger partial charge in [0.15, 0.2) is 0 Å². The van der Waals surface area contributed by atoms with Crippen molar-refractivity contribution in [2.75, 3.05) is 13.7 Å². The average molecular weight is 308 g/mol. The maximum Gasteiger partial charge on any atom is 0.447 e. The molecule has 0 bridgehead atoms. The monoisotopic (exact) mass is 308 g/mol. The van der Waals surface area contributed by atoms with E-state index in [-0.39, 0.29) is 16.6 Å². The number of ether oxygens (including phenoxy) is 1. The van der Waals surface area contributed by atoms with Gasteiger partial charge in [-0.2, -0.15) is 13.2 Å². The number of carbonyl (C=O) groups excluding carboxylic acids is 1. The topological polar surface area (TPSA) is 51.2 Å². The molecule has 0 aromatic carbocycles. The summed E-state index contributed by atoms with van der Waals surface area (Å²) in [7, 11) is 1.49. The number of alkyl halides is 3. The predicted molar refractivity (Wildman–Crippen MR) is 69.6 cm³/mol. The van der Waals surface area contributed by atoms with Crippen molar-refractivity contribution in [3.63, 3.8) is 0 Å². The fraction of sp³-hybridized carbons (Fsp3) is 0.500. The van der Waals surface area contributed by atoms with Gasteiger partial charge >= 0.3 is 5.51 Å². The Morgan fingerprint density at radius 2 is 2.25 bits per heavy atom. The second kappa shape index (κ2) is 7.49. The Kier molecular flexibility index (Phi) is 6.28. The number of pyridine rings is 1. The number of halogens is 3. The Labute approximate surface area is 119 Å². The minimum atomic E-state index is -4.49. The quantitative estimate of drug-likeness (QED) is 0.821. The van der Waals surface area contributed by atoms with E-state index in [1.165, 1.54) is 25.4 Å².